The molecule has 0 radical (unpaired) electrons. The summed E-state index contributed by atoms with van der Waals surface area (Å²) in [4.78, 5) is 17.6. The molecule has 0 saturated heterocycles. The first-order valence-corrected chi connectivity index (χ1v) is 18.0. The van der Waals surface area contributed by atoms with Crippen molar-refractivity contribution in [1.82, 2.24) is 29.9 Å². The van der Waals surface area contributed by atoms with E-state index in [0.29, 0.717) is 14.3 Å². The summed E-state index contributed by atoms with van der Waals surface area (Å²) in [6.45, 7) is 18.2. The van der Waals surface area contributed by atoms with Gasteiger partial charge in [0.2, 0.25) is 0 Å². The molecule has 0 spiro atoms. The minimum absolute atomic E-state index is 0.710. The fourth-order valence-corrected chi connectivity index (χ4v) is 3.41. The first-order chi connectivity index (χ1) is 23.5. The lowest BCUT2D eigenvalue weighted by Gasteiger charge is -1.79. The van der Waals surface area contributed by atoms with Crippen LogP contribution < -0.4 is 0 Å². The van der Waals surface area contributed by atoms with E-state index in [9.17, 15) is 0 Å². The maximum absolute atomic E-state index is 4.79. The van der Waals surface area contributed by atoms with Crippen LogP contribution >= 0.6 is 36.7 Å². The van der Waals surface area contributed by atoms with Crippen molar-refractivity contribution in [3.8, 4) is 0 Å². The van der Waals surface area contributed by atoms with E-state index in [1.807, 2.05) is 169 Å². The number of imidazole rings is 3. The van der Waals surface area contributed by atoms with Crippen molar-refractivity contribution in [3.63, 3.8) is 0 Å². The Balaban J connectivity index is -0.000000492. The summed E-state index contributed by atoms with van der Waals surface area (Å²) in [7, 11) is 0. The Morgan fingerprint density at radius 2 is 0.479 bits per heavy atom. The number of H-pyrrole nitrogens is 6. The van der Waals surface area contributed by atoms with Crippen molar-refractivity contribution in [2.24, 2.45) is 0 Å². The zero-order chi connectivity index (χ0) is 36.7. The molecule has 0 unspecified atom stereocenters. The molecule has 0 saturated carbocycles. The molecular formula is C39H60N6S3. The Hall–Kier alpha value is -4.05. The SMILES string of the molecule is CC.CC.CC.CCc1c[nH]c(=S)[nH]1.CCc1c[nH]c(=S)[nH]1.CCc1c[nH]c(=S)[nH]1.c1ccccc1.c1ccccc1.c1ccccc1. The van der Waals surface area contributed by atoms with Crippen LogP contribution in [0.2, 0.25) is 0 Å². The van der Waals surface area contributed by atoms with Crippen LogP contribution in [0, 0.1) is 14.3 Å². The van der Waals surface area contributed by atoms with Gasteiger partial charge >= 0.3 is 0 Å². The number of benzene rings is 3. The van der Waals surface area contributed by atoms with E-state index < -0.39 is 0 Å². The molecule has 0 aliphatic heterocycles. The van der Waals surface area contributed by atoms with Crippen LogP contribution in [0.15, 0.2) is 128 Å². The van der Waals surface area contributed by atoms with Crippen LogP contribution in [0.3, 0.4) is 0 Å². The quantitative estimate of drug-likeness (QED) is 0.103. The van der Waals surface area contributed by atoms with Crippen molar-refractivity contribution < 1.29 is 0 Å². The highest BCUT2D eigenvalue weighted by atomic mass is 32.1. The molecule has 6 aromatic rings. The van der Waals surface area contributed by atoms with Crippen LogP contribution in [-0.2, 0) is 19.3 Å². The molecule has 0 aliphatic rings. The Bertz CT molecular complexity index is 1280. The van der Waals surface area contributed by atoms with Gasteiger partial charge in [-0.2, -0.15) is 0 Å². The summed E-state index contributed by atoms with van der Waals surface area (Å²) in [5, 5.41) is 0. The number of nitrogens with one attached hydrogen (secondary N) is 6. The Morgan fingerprint density at radius 3 is 0.542 bits per heavy atom. The van der Waals surface area contributed by atoms with E-state index in [1.165, 1.54) is 0 Å². The van der Waals surface area contributed by atoms with Gasteiger partial charge in [-0.1, -0.05) is 172 Å². The van der Waals surface area contributed by atoms with E-state index >= 15 is 0 Å². The summed E-state index contributed by atoms with van der Waals surface area (Å²) < 4.78 is 2.13. The minimum atomic E-state index is 0.710. The first kappa shape index (κ1) is 48.3. The van der Waals surface area contributed by atoms with E-state index in [2.05, 4.69) is 50.7 Å². The molecule has 48 heavy (non-hydrogen) atoms. The largest absolute Gasteiger partial charge is 0.337 e. The van der Waals surface area contributed by atoms with Gasteiger partial charge in [-0.15, -0.1) is 0 Å². The lowest BCUT2D eigenvalue weighted by Crippen LogP contribution is -1.74. The van der Waals surface area contributed by atoms with Crippen LogP contribution in [0.1, 0.15) is 79.4 Å². The zero-order valence-corrected chi connectivity index (χ0v) is 32.9. The number of hydrogen-bond donors (Lipinski definition) is 6. The van der Waals surface area contributed by atoms with Crippen molar-refractivity contribution in [2.45, 2.75) is 81.6 Å². The van der Waals surface area contributed by atoms with Crippen molar-refractivity contribution in [2.75, 3.05) is 0 Å². The molecule has 3 aromatic heterocycles. The average molecular weight is 709 g/mol. The Kier molecular flexibility index (Phi) is 39.4. The van der Waals surface area contributed by atoms with Gasteiger partial charge in [-0.3, -0.25) is 0 Å². The lowest BCUT2D eigenvalue weighted by molar-refractivity contribution is 1.06. The van der Waals surface area contributed by atoms with Gasteiger partial charge in [0.15, 0.2) is 14.3 Å². The topological polar surface area (TPSA) is 94.7 Å². The molecule has 6 nitrogen and oxygen atoms in total. The molecule has 0 atom stereocenters. The third-order valence-corrected chi connectivity index (χ3v) is 5.76. The summed E-state index contributed by atoms with van der Waals surface area (Å²) in [6.07, 6.45) is 8.69. The fraction of sp³-hybridized carbons (Fsp3) is 0.308. The standard InChI is InChI=1S/3C6H6.3C5H8N2S.3C2H6/c3*1-2-4-6-5-3-1;3*1-2-4-3-6-5(8)7-4;3*1-2/h3*1-6H;3*3H,2H2,1H3,(H2,6,7,8);3*1-2H3. The second-order valence-corrected chi connectivity index (χ2v) is 9.55. The third kappa shape index (κ3) is 31.9. The van der Waals surface area contributed by atoms with Crippen molar-refractivity contribution in [3.05, 3.63) is 159 Å². The van der Waals surface area contributed by atoms with Crippen LogP contribution in [0.4, 0.5) is 0 Å². The van der Waals surface area contributed by atoms with Gasteiger partial charge in [-0.05, 0) is 55.9 Å². The number of hydrogen-bond acceptors (Lipinski definition) is 3. The first-order valence-electron chi connectivity index (χ1n) is 16.8. The van der Waals surface area contributed by atoms with Gasteiger partial charge < -0.3 is 29.9 Å². The summed E-state index contributed by atoms with van der Waals surface area (Å²) in [6, 6.07) is 36.0. The maximum atomic E-state index is 4.79. The fourth-order valence-electron chi connectivity index (χ4n) is 2.84. The van der Waals surface area contributed by atoms with Gasteiger partial charge in [0, 0.05) is 35.7 Å². The highest BCUT2D eigenvalue weighted by Crippen LogP contribution is 1.93. The second kappa shape index (κ2) is 39.1. The molecule has 9 heteroatoms. The highest BCUT2D eigenvalue weighted by Gasteiger charge is 1.86. The van der Waals surface area contributed by atoms with E-state index in [-0.39, 0.29) is 0 Å². The van der Waals surface area contributed by atoms with Crippen LogP contribution in [-0.4, -0.2) is 29.9 Å². The average Bonchev–Trinajstić information content (AvgIpc) is 3.95. The molecule has 6 N–H and O–H groups in total. The second-order valence-electron chi connectivity index (χ2n) is 8.33. The predicted octanol–water partition coefficient (Wildman–Crippen LogP) is 13.0. The normalized spacial score (nSPS) is 8.19. The lowest BCUT2D eigenvalue weighted by atomic mass is 10.4. The summed E-state index contributed by atoms with van der Waals surface area (Å²) in [5.41, 5.74) is 3.49. The van der Waals surface area contributed by atoms with Gasteiger partial charge in [0.05, 0.1) is 0 Å². The molecule has 0 amide bonds. The monoisotopic (exact) mass is 708 g/mol. The molecule has 3 heterocycles. The predicted molar refractivity (Wildman–Crippen MR) is 219 cm³/mol. The molecule has 0 bridgehead atoms. The van der Waals surface area contributed by atoms with E-state index in [4.69, 9.17) is 36.7 Å². The summed E-state index contributed by atoms with van der Waals surface area (Å²) >= 11 is 14.4. The maximum Gasteiger partial charge on any atom is 0.174 e. The number of aromatic amines is 6. The van der Waals surface area contributed by atoms with Crippen molar-refractivity contribution >= 4 is 36.7 Å². The van der Waals surface area contributed by atoms with E-state index in [1.54, 1.807) is 0 Å². The van der Waals surface area contributed by atoms with Gasteiger partial charge in [0.25, 0.3) is 0 Å². The van der Waals surface area contributed by atoms with Crippen molar-refractivity contribution in [1.29, 1.82) is 0 Å². The highest BCUT2D eigenvalue weighted by molar-refractivity contribution is 7.71. The number of aromatic nitrogens is 6. The number of rotatable bonds is 3. The van der Waals surface area contributed by atoms with Gasteiger partial charge in [0.1, 0.15) is 0 Å². The smallest absolute Gasteiger partial charge is 0.174 e. The molecule has 6 rings (SSSR count). The summed E-state index contributed by atoms with van der Waals surface area (Å²) in [5.74, 6) is 0. The van der Waals surface area contributed by atoms with Crippen LogP contribution in [0.5, 0.6) is 0 Å². The minimum Gasteiger partial charge on any atom is -0.337 e. The van der Waals surface area contributed by atoms with Gasteiger partial charge in [-0.25, -0.2) is 0 Å². The molecule has 264 valence electrons. The Labute approximate surface area is 306 Å². The molecular weight excluding hydrogens is 649 g/mol. The third-order valence-electron chi connectivity index (χ3n) is 5.10. The van der Waals surface area contributed by atoms with Crippen LogP contribution in [0.25, 0.3) is 0 Å². The molecule has 0 fully saturated rings. The van der Waals surface area contributed by atoms with E-state index in [0.717, 1.165) is 36.3 Å². The Morgan fingerprint density at radius 1 is 0.333 bits per heavy atom. The molecule has 3 aromatic carbocycles. The number of aryl methyl sites for hydroxylation is 3. The zero-order valence-electron chi connectivity index (χ0n) is 30.5. The molecule has 0 aliphatic carbocycles.